The van der Waals surface area contributed by atoms with Crippen molar-refractivity contribution < 1.29 is 9.18 Å². The molecular formula is C17H11FN4O. The number of nitrogens with zero attached hydrogens (tertiary/aromatic N) is 2. The maximum atomic E-state index is 13.7. The number of nitrogens with one attached hydrogen (secondary N) is 2. The molecule has 0 fully saturated rings. The third-order valence-electron chi connectivity index (χ3n) is 3.33. The Morgan fingerprint density at radius 3 is 2.91 bits per heavy atom. The number of hydrogen-bond acceptors (Lipinski definition) is 3. The zero-order valence-electron chi connectivity index (χ0n) is 11.9. The largest absolute Gasteiger partial charge is 0.361 e. The third-order valence-corrected chi connectivity index (χ3v) is 3.33. The van der Waals surface area contributed by atoms with E-state index in [1.54, 1.807) is 6.20 Å². The SMILES string of the molecule is N#Cc1ccc(C(=O)N/N=C/c2c[nH]c3ccccc23)c(F)c1. The van der Waals surface area contributed by atoms with Crippen LogP contribution in [-0.4, -0.2) is 17.1 Å². The van der Waals surface area contributed by atoms with Crippen molar-refractivity contribution in [3.05, 3.63) is 71.2 Å². The minimum absolute atomic E-state index is 0.154. The number of aromatic amines is 1. The van der Waals surface area contributed by atoms with Gasteiger partial charge >= 0.3 is 0 Å². The van der Waals surface area contributed by atoms with Crippen molar-refractivity contribution in [3.63, 3.8) is 0 Å². The highest BCUT2D eigenvalue weighted by Crippen LogP contribution is 2.15. The number of hydrazone groups is 1. The molecule has 0 saturated carbocycles. The fraction of sp³-hybridized carbons (Fsp3) is 0. The van der Waals surface area contributed by atoms with E-state index < -0.39 is 11.7 Å². The molecular weight excluding hydrogens is 295 g/mol. The molecule has 0 aliphatic carbocycles. The molecule has 0 saturated heterocycles. The predicted octanol–water partition coefficient (Wildman–Crippen LogP) is 2.94. The van der Waals surface area contributed by atoms with Gasteiger partial charge in [0.2, 0.25) is 0 Å². The van der Waals surface area contributed by atoms with Crippen LogP contribution >= 0.6 is 0 Å². The molecule has 112 valence electrons. The topological polar surface area (TPSA) is 81.0 Å². The number of halogens is 1. The molecule has 0 aliphatic rings. The van der Waals surface area contributed by atoms with Gasteiger partial charge in [-0.3, -0.25) is 4.79 Å². The van der Waals surface area contributed by atoms with Crippen molar-refractivity contribution in [1.29, 1.82) is 5.26 Å². The number of para-hydroxylation sites is 1. The molecule has 6 heteroatoms. The first-order valence-electron chi connectivity index (χ1n) is 6.78. The molecule has 1 aromatic heterocycles. The fourth-order valence-electron chi connectivity index (χ4n) is 2.19. The molecule has 0 unspecified atom stereocenters. The van der Waals surface area contributed by atoms with Gasteiger partial charge in [0.15, 0.2) is 0 Å². The lowest BCUT2D eigenvalue weighted by atomic mass is 10.1. The number of H-pyrrole nitrogens is 1. The first kappa shape index (κ1) is 14.5. The summed E-state index contributed by atoms with van der Waals surface area (Å²) in [5.41, 5.74) is 4.02. The van der Waals surface area contributed by atoms with Gasteiger partial charge in [0, 0.05) is 22.7 Å². The van der Waals surface area contributed by atoms with E-state index in [9.17, 15) is 9.18 Å². The van der Waals surface area contributed by atoms with Gasteiger partial charge in [-0.1, -0.05) is 18.2 Å². The number of carbonyl (C=O) groups is 1. The Morgan fingerprint density at radius 1 is 1.30 bits per heavy atom. The number of carbonyl (C=O) groups excluding carboxylic acids is 1. The Bertz CT molecular complexity index is 953. The monoisotopic (exact) mass is 306 g/mol. The number of benzene rings is 2. The Kier molecular flexibility index (Phi) is 3.85. The molecule has 5 nitrogen and oxygen atoms in total. The van der Waals surface area contributed by atoms with Crippen molar-refractivity contribution in [3.8, 4) is 6.07 Å². The second-order valence-electron chi connectivity index (χ2n) is 4.80. The molecule has 0 radical (unpaired) electrons. The maximum Gasteiger partial charge on any atom is 0.274 e. The van der Waals surface area contributed by atoms with Gasteiger partial charge in [0.25, 0.3) is 5.91 Å². The van der Waals surface area contributed by atoms with Crippen LogP contribution in [-0.2, 0) is 0 Å². The minimum Gasteiger partial charge on any atom is -0.361 e. The van der Waals surface area contributed by atoms with E-state index in [0.29, 0.717) is 0 Å². The van der Waals surface area contributed by atoms with Crippen LogP contribution in [0.3, 0.4) is 0 Å². The Hall–Kier alpha value is -3.46. The lowest BCUT2D eigenvalue weighted by Crippen LogP contribution is -2.19. The second-order valence-corrected chi connectivity index (χ2v) is 4.80. The highest BCUT2D eigenvalue weighted by atomic mass is 19.1. The number of fused-ring (bicyclic) bond motifs is 1. The molecule has 3 aromatic rings. The Morgan fingerprint density at radius 2 is 2.13 bits per heavy atom. The van der Waals surface area contributed by atoms with E-state index in [0.717, 1.165) is 22.5 Å². The highest BCUT2D eigenvalue weighted by molar-refractivity contribution is 6.00. The summed E-state index contributed by atoms with van der Waals surface area (Å²) in [6, 6.07) is 13.1. The van der Waals surface area contributed by atoms with Crippen molar-refractivity contribution in [2.45, 2.75) is 0 Å². The standard InChI is InChI=1S/C17H11FN4O/c18-15-7-11(8-19)5-6-14(15)17(23)22-21-10-12-9-20-16-4-2-1-3-13(12)16/h1-7,9-10,20H,(H,22,23)/b21-10+. The zero-order chi connectivity index (χ0) is 16.2. The van der Waals surface area contributed by atoms with E-state index >= 15 is 0 Å². The summed E-state index contributed by atoms with van der Waals surface area (Å²) in [7, 11) is 0. The summed E-state index contributed by atoms with van der Waals surface area (Å²) in [5, 5.41) is 13.5. The van der Waals surface area contributed by atoms with Gasteiger partial charge < -0.3 is 4.98 Å². The van der Waals surface area contributed by atoms with Gasteiger partial charge in [0.05, 0.1) is 23.4 Å². The van der Waals surface area contributed by atoms with Gasteiger partial charge in [-0.25, -0.2) is 9.82 Å². The van der Waals surface area contributed by atoms with Crippen LogP contribution in [0.25, 0.3) is 10.9 Å². The lowest BCUT2D eigenvalue weighted by molar-refractivity contribution is 0.0951. The van der Waals surface area contributed by atoms with Gasteiger partial charge in [-0.15, -0.1) is 0 Å². The Balaban J connectivity index is 1.75. The Labute approximate surface area is 131 Å². The summed E-state index contributed by atoms with van der Waals surface area (Å²) < 4.78 is 13.7. The van der Waals surface area contributed by atoms with Crippen LogP contribution in [0.5, 0.6) is 0 Å². The summed E-state index contributed by atoms with van der Waals surface area (Å²) in [5.74, 6) is -1.44. The van der Waals surface area contributed by atoms with E-state index in [4.69, 9.17) is 5.26 Å². The first-order chi connectivity index (χ1) is 11.2. The smallest absolute Gasteiger partial charge is 0.274 e. The number of rotatable bonds is 3. The van der Waals surface area contributed by atoms with Gasteiger partial charge in [-0.05, 0) is 24.3 Å². The number of amides is 1. The van der Waals surface area contributed by atoms with Crippen molar-refractivity contribution >= 4 is 23.0 Å². The molecule has 2 aromatic carbocycles. The fourth-order valence-corrected chi connectivity index (χ4v) is 2.19. The molecule has 1 amide bonds. The normalized spacial score (nSPS) is 10.8. The van der Waals surface area contributed by atoms with E-state index in [1.165, 1.54) is 18.3 Å². The third kappa shape index (κ3) is 2.94. The summed E-state index contributed by atoms with van der Waals surface area (Å²) in [4.78, 5) is 15.0. The zero-order valence-corrected chi connectivity index (χ0v) is 11.9. The molecule has 3 rings (SSSR count). The molecule has 0 atom stereocenters. The van der Waals surface area contributed by atoms with E-state index in [-0.39, 0.29) is 11.1 Å². The second kappa shape index (κ2) is 6.12. The van der Waals surface area contributed by atoms with E-state index in [1.807, 2.05) is 30.3 Å². The molecule has 0 aliphatic heterocycles. The minimum atomic E-state index is -0.760. The van der Waals surface area contributed by atoms with Gasteiger partial charge in [0.1, 0.15) is 5.82 Å². The van der Waals surface area contributed by atoms with Crippen LogP contribution in [0.4, 0.5) is 4.39 Å². The molecule has 2 N–H and O–H groups in total. The van der Waals surface area contributed by atoms with Crippen LogP contribution in [0.2, 0.25) is 0 Å². The van der Waals surface area contributed by atoms with Crippen molar-refractivity contribution in [2.75, 3.05) is 0 Å². The predicted molar refractivity (Wildman–Crippen MR) is 84.5 cm³/mol. The first-order valence-corrected chi connectivity index (χ1v) is 6.78. The van der Waals surface area contributed by atoms with E-state index in [2.05, 4.69) is 15.5 Å². The summed E-state index contributed by atoms with van der Waals surface area (Å²) in [6.07, 6.45) is 3.25. The number of hydrogen-bond donors (Lipinski definition) is 2. The summed E-state index contributed by atoms with van der Waals surface area (Å²) >= 11 is 0. The molecule has 0 bridgehead atoms. The quantitative estimate of drug-likeness (QED) is 0.576. The lowest BCUT2D eigenvalue weighted by Gasteiger charge is -2.01. The molecule has 1 heterocycles. The van der Waals surface area contributed by atoms with Gasteiger partial charge in [-0.2, -0.15) is 10.4 Å². The average Bonchev–Trinajstić information content (AvgIpc) is 2.98. The van der Waals surface area contributed by atoms with Crippen LogP contribution in [0, 0.1) is 17.1 Å². The van der Waals surface area contributed by atoms with Crippen molar-refractivity contribution in [1.82, 2.24) is 10.4 Å². The van der Waals surface area contributed by atoms with Crippen molar-refractivity contribution in [2.24, 2.45) is 5.10 Å². The molecule has 23 heavy (non-hydrogen) atoms. The van der Waals surface area contributed by atoms with Crippen LogP contribution in [0.1, 0.15) is 21.5 Å². The van der Waals surface area contributed by atoms with Crippen LogP contribution in [0.15, 0.2) is 53.8 Å². The highest BCUT2D eigenvalue weighted by Gasteiger charge is 2.11. The number of aromatic nitrogens is 1. The van der Waals surface area contributed by atoms with Crippen LogP contribution < -0.4 is 5.43 Å². The average molecular weight is 306 g/mol. The summed E-state index contributed by atoms with van der Waals surface area (Å²) in [6.45, 7) is 0. The molecule has 0 spiro atoms. The number of nitriles is 1. The maximum absolute atomic E-state index is 13.7.